The third-order valence-corrected chi connectivity index (χ3v) is 9.77. The molecular weight excluding hydrogens is 603 g/mol. The topological polar surface area (TPSA) is 113 Å². The summed E-state index contributed by atoms with van der Waals surface area (Å²) in [6.45, 7) is 8.04. The maximum Gasteiger partial charge on any atom is 0.271 e. The molecular formula is C33H30Cl2N4O3S. The molecule has 2 N–H and O–H groups in total. The van der Waals surface area contributed by atoms with Gasteiger partial charge in [-0.25, -0.2) is 0 Å². The Hall–Kier alpha value is -3.77. The highest BCUT2D eigenvalue weighted by Crippen LogP contribution is 2.51. The first-order valence-electron chi connectivity index (χ1n) is 13.7. The molecule has 1 atom stereocenters. The molecule has 3 aromatic rings. The molecule has 5 rings (SSSR count). The number of rotatable bonds is 6. The van der Waals surface area contributed by atoms with Gasteiger partial charge in [0.2, 0.25) is 0 Å². The number of hydrogen-bond acceptors (Lipinski definition) is 7. The van der Waals surface area contributed by atoms with Gasteiger partial charge >= 0.3 is 0 Å². The van der Waals surface area contributed by atoms with E-state index in [2.05, 4.69) is 18.2 Å². The van der Waals surface area contributed by atoms with Crippen molar-refractivity contribution in [1.29, 1.82) is 5.26 Å². The van der Waals surface area contributed by atoms with E-state index in [-0.39, 0.29) is 28.3 Å². The average molecular weight is 634 g/mol. The van der Waals surface area contributed by atoms with Crippen LogP contribution >= 0.6 is 35.0 Å². The molecule has 7 nitrogen and oxygen atoms in total. The Morgan fingerprint density at radius 2 is 1.86 bits per heavy atom. The number of nitrogens with two attached hydrogens (primary N) is 1. The highest BCUT2D eigenvalue weighted by molar-refractivity contribution is 7.98. The van der Waals surface area contributed by atoms with Crippen molar-refractivity contribution in [2.45, 2.75) is 57.1 Å². The van der Waals surface area contributed by atoms with Crippen LogP contribution in [0.5, 0.6) is 0 Å². The smallest absolute Gasteiger partial charge is 0.271 e. The van der Waals surface area contributed by atoms with Crippen LogP contribution in [0.25, 0.3) is 0 Å². The number of hydrogen-bond donors (Lipinski definition) is 1. The van der Waals surface area contributed by atoms with Gasteiger partial charge in [0, 0.05) is 45.5 Å². The lowest BCUT2D eigenvalue weighted by Gasteiger charge is -2.44. The Morgan fingerprint density at radius 1 is 1.12 bits per heavy atom. The molecule has 1 unspecified atom stereocenters. The van der Waals surface area contributed by atoms with Crippen molar-refractivity contribution < 1.29 is 9.72 Å². The molecule has 1 aliphatic carbocycles. The maximum absolute atomic E-state index is 14.0. The largest absolute Gasteiger partial charge is 0.384 e. The van der Waals surface area contributed by atoms with Gasteiger partial charge in [0.1, 0.15) is 5.82 Å². The minimum atomic E-state index is -0.669. The summed E-state index contributed by atoms with van der Waals surface area (Å²) in [5.41, 5.74) is 12.0. The number of halogens is 2. The quantitative estimate of drug-likeness (QED) is 0.164. The zero-order chi connectivity index (χ0) is 31.2. The Balaban J connectivity index is 1.67. The number of nitriles is 1. The van der Waals surface area contributed by atoms with Crippen LogP contribution in [0.1, 0.15) is 54.9 Å². The van der Waals surface area contributed by atoms with Gasteiger partial charge in [-0.3, -0.25) is 19.8 Å². The number of carbonyl (C=O) groups is 1. The number of non-ortho nitro benzene ring substituents is 1. The molecule has 0 saturated carbocycles. The van der Waals surface area contributed by atoms with Gasteiger partial charge < -0.3 is 5.73 Å². The normalized spacial score (nSPS) is 18.0. The van der Waals surface area contributed by atoms with Crippen LogP contribution < -0.4 is 10.6 Å². The fourth-order valence-corrected chi connectivity index (χ4v) is 7.54. The third-order valence-electron chi connectivity index (χ3n) is 7.99. The van der Waals surface area contributed by atoms with E-state index in [0.29, 0.717) is 45.6 Å². The molecule has 0 saturated heterocycles. The van der Waals surface area contributed by atoms with Crippen LogP contribution in [0, 0.1) is 40.7 Å². The maximum atomic E-state index is 14.0. The lowest BCUT2D eigenvalue weighted by atomic mass is 9.68. The monoisotopic (exact) mass is 632 g/mol. The highest BCUT2D eigenvalue weighted by Gasteiger charge is 2.45. The Morgan fingerprint density at radius 3 is 2.56 bits per heavy atom. The molecule has 220 valence electrons. The molecule has 0 bridgehead atoms. The lowest BCUT2D eigenvalue weighted by Crippen LogP contribution is -2.42. The van der Waals surface area contributed by atoms with Crippen LogP contribution in [-0.2, 0) is 10.5 Å². The van der Waals surface area contributed by atoms with E-state index in [9.17, 15) is 20.2 Å². The van der Waals surface area contributed by atoms with Crippen LogP contribution in [0.3, 0.4) is 0 Å². The van der Waals surface area contributed by atoms with Crippen LogP contribution in [0.2, 0.25) is 10.0 Å². The summed E-state index contributed by atoms with van der Waals surface area (Å²) >= 11 is 14.2. The van der Waals surface area contributed by atoms with E-state index in [1.807, 2.05) is 33.8 Å². The van der Waals surface area contributed by atoms with E-state index in [1.54, 1.807) is 40.9 Å². The number of ketones is 1. The number of nitro benzene ring substituents is 1. The molecule has 2 aliphatic rings. The van der Waals surface area contributed by atoms with E-state index in [1.165, 1.54) is 12.1 Å². The van der Waals surface area contributed by atoms with E-state index < -0.39 is 10.8 Å². The van der Waals surface area contributed by atoms with E-state index >= 15 is 0 Å². The standard InChI is InChI=1S/C33H30Cl2N4O3S/c1-18-10-19(2)24(11-20(18)17-43-29-12-21(34)8-9-26(29)35)30-25(16-36)32(37)38(22-6-5-7-23(13-22)39(41)42)27-14-33(3,4)15-28(40)31(27)30/h5-13,30H,14-15,17,37H2,1-4H3. The van der Waals surface area contributed by atoms with Crippen LogP contribution in [0.15, 0.2) is 82.2 Å². The first-order chi connectivity index (χ1) is 20.3. The number of Topliss-reactive ketones (excluding diaryl/α,β-unsaturated/α-hetero) is 1. The summed E-state index contributed by atoms with van der Waals surface area (Å²) in [5, 5.41) is 23.3. The van der Waals surface area contributed by atoms with Gasteiger partial charge in [-0.05, 0) is 72.2 Å². The molecule has 0 amide bonds. The summed E-state index contributed by atoms with van der Waals surface area (Å²) in [6, 6.07) is 17.9. The van der Waals surface area contributed by atoms with Crippen LogP contribution in [-0.4, -0.2) is 10.7 Å². The zero-order valence-electron chi connectivity index (χ0n) is 24.2. The van der Waals surface area contributed by atoms with Gasteiger partial charge in [-0.15, -0.1) is 11.8 Å². The predicted molar refractivity (Wildman–Crippen MR) is 172 cm³/mol. The number of benzene rings is 3. The first kappa shape index (κ1) is 30.7. The number of thioether (sulfide) groups is 1. The van der Waals surface area contributed by atoms with Gasteiger partial charge in [0.25, 0.3) is 5.69 Å². The summed E-state index contributed by atoms with van der Waals surface area (Å²) < 4.78 is 0. The number of carbonyl (C=O) groups excluding carboxylic acids is 1. The number of anilines is 1. The Kier molecular flexibility index (Phi) is 8.36. The summed E-state index contributed by atoms with van der Waals surface area (Å²) in [6.07, 6.45) is 0.818. The predicted octanol–water partition coefficient (Wildman–Crippen LogP) is 8.75. The lowest BCUT2D eigenvalue weighted by molar-refractivity contribution is -0.384. The first-order valence-corrected chi connectivity index (χ1v) is 15.4. The van der Waals surface area contributed by atoms with Crippen molar-refractivity contribution >= 4 is 52.1 Å². The molecule has 1 heterocycles. The van der Waals surface area contributed by atoms with Crippen molar-refractivity contribution in [3.8, 4) is 6.07 Å². The number of nitro groups is 1. The zero-order valence-corrected chi connectivity index (χ0v) is 26.5. The van der Waals surface area contributed by atoms with Crippen molar-refractivity contribution in [3.05, 3.63) is 120 Å². The van der Waals surface area contributed by atoms with Crippen molar-refractivity contribution in [2.24, 2.45) is 11.1 Å². The summed E-state index contributed by atoms with van der Waals surface area (Å²) in [7, 11) is 0. The van der Waals surface area contributed by atoms with Gasteiger partial charge in [0.15, 0.2) is 5.78 Å². The second-order valence-corrected chi connectivity index (χ2v) is 13.6. The molecule has 10 heteroatoms. The second kappa shape index (κ2) is 11.7. The molecule has 43 heavy (non-hydrogen) atoms. The molecule has 0 fully saturated rings. The average Bonchev–Trinajstić information content (AvgIpc) is 2.93. The van der Waals surface area contributed by atoms with Crippen LogP contribution in [0.4, 0.5) is 11.4 Å². The minimum absolute atomic E-state index is 0.0615. The van der Waals surface area contributed by atoms with Crippen molar-refractivity contribution in [2.75, 3.05) is 4.90 Å². The SMILES string of the molecule is Cc1cc(C)c(C2C(C#N)=C(N)N(c3cccc([N+](=O)[O-])c3)C3=C2C(=O)CC(C)(C)C3)cc1CSc1cc(Cl)ccc1Cl. The van der Waals surface area contributed by atoms with Crippen molar-refractivity contribution in [3.63, 3.8) is 0 Å². The molecule has 3 aromatic carbocycles. The fourth-order valence-electron chi connectivity index (χ4n) is 5.99. The minimum Gasteiger partial charge on any atom is -0.384 e. The highest BCUT2D eigenvalue weighted by atomic mass is 35.5. The van der Waals surface area contributed by atoms with E-state index in [0.717, 1.165) is 27.1 Å². The summed E-state index contributed by atoms with van der Waals surface area (Å²) in [4.78, 5) is 27.6. The third kappa shape index (κ3) is 5.90. The van der Waals surface area contributed by atoms with E-state index in [4.69, 9.17) is 28.9 Å². The second-order valence-electron chi connectivity index (χ2n) is 11.8. The molecule has 1 aliphatic heterocycles. The molecule has 0 spiro atoms. The van der Waals surface area contributed by atoms with Gasteiger partial charge in [-0.1, -0.05) is 55.2 Å². The molecule has 0 radical (unpaired) electrons. The fraction of sp³-hybridized carbons (Fsp3) is 0.273. The van der Waals surface area contributed by atoms with Crippen molar-refractivity contribution in [1.82, 2.24) is 0 Å². The number of allylic oxidation sites excluding steroid dienone is 3. The van der Waals surface area contributed by atoms with Gasteiger partial charge in [0.05, 0.1) is 33.2 Å². The molecule has 0 aromatic heterocycles. The summed E-state index contributed by atoms with van der Waals surface area (Å²) in [5.74, 6) is 0.0321. The Labute approximate surface area is 265 Å². The van der Waals surface area contributed by atoms with Gasteiger partial charge in [-0.2, -0.15) is 5.26 Å². The number of nitrogens with zero attached hydrogens (tertiary/aromatic N) is 3. The Bertz CT molecular complexity index is 1790. The number of aryl methyl sites for hydroxylation is 2.